The summed E-state index contributed by atoms with van der Waals surface area (Å²) in [6.45, 7) is 9.97. The van der Waals surface area contributed by atoms with Crippen LogP contribution in [0.2, 0.25) is 0 Å². The van der Waals surface area contributed by atoms with Crippen molar-refractivity contribution in [1.29, 1.82) is 0 Å². The first-order valence-electron chi connectivity index (χ1n) is 13.7. The van der Waals surface area contributed by atoms with E-state index in [9.17, 15) is 0 Å². The molecule has 1 aliphatic rings. The van der Waals surface area contributed by atoms with Crippen molar-refractivity contribution in [2.75, 3.05) is 33.2 Å². The molecule has 0 spiro atoms. The summed E-state index contributed by atoms with van der Waals surface area (Å²) < 4.78 is 0. The van der Waals surface area contributed by atoms with Gasteiger partial charge < -0.3 is 14.8 Å². The number of imidazole rings is 1. The summed E-state index contributed by atoms with van der Waals surface area (Å²) in [5.41, 5.74) is 9.02. The van der Waals surface area contributed by atoms with Crippen molar-refractivity contribution in [3.05, 3.63) is 102 Å². The Labute approximate surface area is 234 Å². The number of hydrogen-bond acceptors (Lipinski definition) is 6. The topological polar surface area (TPSA) is 89.6 Å². The molecule has 1 fully saturated rings. The van der Waals surface area contributed by atoms with E-state index < -0.39 is 0 Å². The number of H-pyrrole nitrogens is 2. The maximum Gasteiger partial charge on any atom is 0.159 e. The summed E-state index contributed by atoms with van der Waals surface area (Å²) in [5, 5.41) is 8.73. The molecule has 0 saturated carbocycles. The molecule has 2 N–H and O–H groups in total. The predicted molar refractivity (Wildman–Crippen MR) is 161 cm³/mol. The molecule has 1 saturated heterocycles. The van der Waals surface area contributed by atoms with Crippen LogP contribution in [0.15, 0.2) is 79.8 Å². The summed E-state index contributed by atoms with van der Waals surface area (Å²) in [7, 11) is 2.16. The quantitative estimate of drug-likeness (QED) is 0.266. The normalized spacial score (nSPS) is 14.7. The molecule has 6 rings (SSSR count). The van der Waals surface area contributed by atoms with E-state index >= 15 is 0 Å². The molecule has 4 aromatic heterocycles. The van der Waals surface area contributed by atoms with Gasteiger partial charge in [0.05, 0.1) is 23.1 Å². The second-order valence-electron chi connectivity index (χ2n) is 10.4. The summed E-state index contributed by atoms with van der Waals surface area (Å²) >= 11 is 0. The van der Waals surface area contributed by atoms with Crippen LogP contribution in [0.1, 0.15) is 22.5 Å². The molecule has 8 nitrogen and oxygen atoms in total. The van der Waals surface area contributed by atoms with Gasteiger partial charge in [0, 0.05) is 55.2 Å². The smallest absolute Gasteiger partial charge is 0.159 e. The van der Waals surface area contributed by atoms with Gasteiger partial charge in [0.25, 0.3) is 0 Å². The van der Waals surface area contributed by atoms with Crippen LogP contribution in [-0.4, -0.2) is 73.2 Å². The second kappa shape index (κ2) is 11.3. The molecule has 202 valence electrons. The minimum atomic E-state index is 0.731. The number of allylic oxidation sites excluding steroid dienone is 2. The van der Waals surface area contributed by atoms with Crippen molar-refractivity contribution in [2.45, 2.75) is 19.8 Å². The number of aromatic amines is 2. The Balaban J connectivity index is 1.29. The average Bonchev–Trinajstić information content (AvgIpc) is 3.59. The SMILES string of the molecule is C=C/C=C(\c1nc(-c2n[nH]c3cnc(-c4cncc(CCc5ccccc5)c4)cc23)[nH]c1C)N1CCN(C)CC1. The van der Waals surface area contributed by atoms with Crippen LogP contribution in [0.4, 0.5) is 0 Å². The number of benzene rings is 1. The Kier molecular flexibility index (Phi) is 7.25. The first-order chi connectivity index (χ1) is 19.6. The van der Waals surface area contributed by atoms with Gasteiger partial charge in [0.1, 0.15) is 11.4 Å². The Morgan fingerprint density at radius 1 is 1.00 bits per heavy atom. The predicted octanol–water partition coefficient (Wildman–Crippen LogP) is 5.28. The molecular formula is C32H34N8. The fourth-order valence-corrected chi connectivity index (χ4v) is 5.27. The molecule has 0 bridgehead atoms. The van der Waals surface area contributed by atoms with Crippen molar-refractivity contribution in [3.63, 3.8) is 0 Å². The number of nitrogens with one attached hydrogen (secondary N) is 2. The highest BCUT2D eigenvalue weighted by Crippen LogP contribution is 2.31. The molecule has 5 aromatic rings. The van der Waals surface area contributed by atoms with E-state index in [0.717, 1.165) is 89.8 Å². The van der Waals surface area contributed by atoms with Crippen molar-refractivity contribution in [1.82, 2.24) is 39.9 Å². The summed E-state index contributed by atoms with van der Waals surface area (Å²) in [6, 6.07) is 14.8. The number of aromatic nitrogens is 6. The minimum Gasteiger partial charge on any atom is -0.367 e. The van der Waals surface area contributed by atoms with Crippen LogP contribution in [0.5, 0.6) is 0 Å². The van der Waals surface area contributed by atoms with E-state index in [1.54, 1.807) is 0 Å². The zero-order valence-corrected chi connectivity index (χ0v) is 23.1. The lowest BCUT2D eigenvalue weighted by Gasteiger charge is -2.35. The summed E-state index contributed by atoms with van der Waals surface area (Å²) in [4.78, 5) is 22.5. The molecule has 0 atom stereocenters. The second-order valence-corrected chi connectivity index (χ2v) is 10.4. The lowest BCUT2D eigenvalue weighted by molar-refractivity contribution is 0.207. The van der Waals surface area contributed by atoms with Crippen molar-refractivity contribution in [2.24, 2.45) is 0 Å². The number of nitrogens with zero attached hydrogens (tertiary/aromatic N) is 6. The van der Waals surface area contributed by atoms with Crippen LogP contribution in [-0.2, 0) is 12.8 Å². The van der Waals surface area contributed by atoms with Gasteiger partial charge in [0.2, 0.25) is 0 Å². The molecule has 1 aromatic carbocycles. The standard InChI is InChI=1S/C32H34N8/c1-4-8-29(40-15-13-39(3)14-16-40)30-22(2)35-32(36-30)31-26-18-27(34-21-28(26)37-38-31)25-17-24(19-33-20-25)12-11-23-9-6-5-7-10-23/h4-10,17-21H,1,11-16H2,2-3H3,(H,35,36)(H,37,38)/b29-8+. The van der Waals surface area contributed by atoms with Gasteiger partial charge in [-0.25, -0.2) is 4.98 Å². The maximum absolute atomic E-state index is 5.04. The van der Waals surface area contributed by atoms with Crippen molar-refractivity contribution in [3.8, 4) is 22.8 Å². The Hall–Kier alpha value is -4.56. The van der Waals surface area contributed by atoms with Crippen molar-refractivity contribution >= 4 is 16.6 Å². The van der Waals surface area contributed by atoms with Crippen LogP contribution >= 0.6 is 0 Å². The van der Waals surface area contributed by atoms with E-state index in [2.05, 4.69) is 93.0 Å². The largest absolute Gasteiger partial charge is 0.367 e. The van der Waals surface area contributed by atoms with E-state index in [4.69, 9.17) is 9.97 Å². The lowest BCUT2D eigenvalue weighted by Crippen LogP contribution is -2.43. The molecule has 0 aliphatic carbocycles. The highest BCUT2D eigenvalue weighted by Gasteiger charge is 2.23. The number of rotatable bonds is 8. The third-order valence-corrected chi connectivity index (χ3v) is 7.55. The van der Waals surface area contributed by atoms with Gasteiger partial charge in [0.15, 0.2) is 5.82 Å². The van der Waals surface area contributed by atoms with Gasteiger partial charge in [-0.3, -0.25) is 15.1 Å². The third kappa shape index (κ3) is 5.31. The zero-order chi connectivity index (χ0) is 27.5. The monoisotopic (exact) mass is 530 g/mol. The average molecular weight is 531 g/mol. The lowest BCUT2D eigenvalue weighted by atomic mass is 10.0. The van der Waals surface area contributed by atoms with Gasteiger partial charge >= 0.3 is 0 Å². The fraction of sp³-hybridized carbons (Fsp3) is 0.250. The number of piperazine rings is 1. The molecule has 0 radical (unpaired) electrons. The molecule has 0 unspecified atom stereocenters. The number of pyridine rings is 2. The van der Waals surface area contributed by atoms with Crippen molar-refractivity contribution < 1.29 is 0 Å². The molecule has 0 amide bonds. The molecule has 8 heteroatoms. The zero-order valence-electron chi connectivity index (χ0n) is 23.1. The van der Waals surface area contributed by atoms with Crippen LogP contribution < -0.4 is 0 Å². The first kappa shape index (κ1) is 25.7. The first-order valence-corrected chi connectivity index (χ1v) is 13.7. The number of hydrogen-bond donors (Lipinski definition) is 2. The summed E-state index contributed by atoms with van der Waals surface area (Å²) in [5.74, 6) is 0.731. The molecule has 40 heavy (non-hydrogen) atoms. The van der Waals surface area contributed by atoms with E-state index in [0.29, 0.717) is 0 Å². The highest BCUT2D eigenvalue weighted by atomic mass is 15.3. The van der Waals surface area contributed by atoms with Gasteiger partial charge in [-0.05, 0) is 56.1 Å². The van der Waals surface area contributed by atoms with Crippen LogP contribution in [0, 0.1) is 6.92 Å². The fourth-order valence-electron chi connectivity index (χ4n) is 5.27. The molecular weight excluding hydrogens is 496 g/mol. The number of fused-ring (bicyclic) bond motifs is 1. The van der Waals surface area contributed by atoms with E-state index in [1.165, 1.54) is 11.1 Å². The van der Waals surface area contributed by atoms with Crippen LogP contribution in [0.25, 0.3) is 39.4 Å². The number of aryl methyl sites for hydroxylation is 3. The van der Waals surface area contributed by atoms with Gasteiger partial charge in [-0.1, -0.05) is 43.0 Å². The van der Waals surface area contributed by atoms with E-state index in [1.807, 2.05) is 30.7 Å². The highest BCUT2D eigenvalue weighted by molar-refractivity contribution is 5.93. The number of likely N-dealkylation sites (N-methyl/N-ethyl adjacent to an activating group) is 1. The third-order valence-electron chi connectivity index (χ3n) is 7.55. The molecule has 5 heterocycles. The van der Waals surface area contributed by atoms with Crippen LogP contribution in [0.3, 0.4) is 0 Å². The Bertz CT molecular complexity index is 1660. The molecule has 1 aliphatic heterocycles. The maximum atomic E-state index is 5.04. The minimum absolute atomic E-state index is 0.731. The Morgan fingerprint density at radius 2 is 1.80 bits per heavy atom. The Morgan fingerprint density at radius 3 is 2.60 bits per heavy atom. The van der Waals surface area contributed by atoms with E-state index in [-0.39, 0.29) is 0 Å². The summed E-state index contributed by atoms with van der Waals surface area (Å²) in [6.07, 6.45) is 11.4. The van der Waals surface area contributed by atoms with Gasteiger partial charge in [-0.15, -0.1) is 0 Å². The van der Waals surface area contributed by atoms with Gasteiger partial charge in [-0.2, -0.15) is 5.10 Å².